The van der Waals surface area contributed by atoms with Gasteiger partial charge in [-0.15, -0.1) is 12.4 Å². The fourth-order valence-electron chi connectivity index (χ4n) is 2.77. The van der Waals surface area contributed by atoms with E-state index in [1.54, 1.807) is 7.11 Å². The van der Waals surface area contributed by atoms with Crippen LogP contribution in [-0.2, 0) is 11.2 Å². The molecule has 2 unspecified atom stereocenters. The van der Waals surface area contributed by atoms with Gasteiger partial charge in [0.1, 0.15) is 5.75 Å². The van der Waals surface area contributed by atoms with Crippen LogP contribution in [0.4, 0.5) is 0 Å². The minimum atomic E-state index is 0. The van der Waals surface area contributed by atoms with E-state index in [1.807, 2.05) is 18.2 Å². The highest BCUT2D eigenvalue weighted by atomic mass is 35.5. The van der Waals surface area contributed by atoms with Crippen molar-refractivity contribution in [2.75, 3.05) is 13.7 Å². The van der Waals surface area contributed by atoms with E-state index < -0.39 is 0 Å². The van der Waals surface area contributed by atoms with Crippen molar-refractivity contribution in [2.24, 2.45) is 17.6 Å². The van der Waals surface area contributed by atoms with Crippen molar-refractivity contribution in [1.29, 1.82) is 0 Å². The molecule has 4 nitrogen and oxygen atoms in total. The quantitative estimate of drug-likeness (QED) is 0.771. The molecule has 5 heteroatoms. The third-order valence-electron chi connectivity index (χ3n) is 4.09. The topological polar surface area (TPSA) is 64.3 Å². The van der Waals surface area contributed by atoms with Gasteiger partial charge in [0.15, 0.2) is 0 Å². The van der Waals surface area contributed by atoms with Crippen LogP contribution in [0.1, 0.15) is 31.7 Å². The van der Waals surface area contributed by atoms with Gasteiger partial charge >= 0.3 is 0 Å². The average Bonchev–Trinajstić information content (AvgIpc) is 3.29. The Labute approximate surface area is 139 Å². The van der Waals surface area contributed by atoms with E-state index in [-0.39, 0.29) is 30.3 Å². The molecule has 2 rings (SSSR count). The van der Waals surface area contributed by atoms with Crippen molar-refractivity contribution in [2.45, 2.75) is 38.6 Å². The minimum absolute atomic E-state index is 0. The van der Waals surface area contributed by atoms with Gasteiger partial charge in [-0.2, -0.15) is 0 Å². The first-order chi connectivity index (χ1) is 10.1. The number of methoxy groups -OCH3 is 1. The van der Waals surface area contributed by atoms with E-state index in [9.17, 15) is 4.79 Å². The number of nitrogens with two attached hydrogens (primary N) is 1. The summed E-state index contributed by atoms with van der Waals surface area (Å²) in [6.45, 7) is 2.64. The van der Waals surface area contributed by atoms with Crippen LogP contribution >= 0.6 is 12.4 Å². The molecule has 124 valence electrons. The van der Waals surface area contributed by atoms with E-state index in [0.29, 0.717) is 18.9 Å². The number of rotatable bonds is 8. The number of nitrogens with one attached hydrogen (secondary N) is 1. The van der Waals surface area contributed by atoms with Gasteiger partial charge in [-0.3, -0.25) is 4.79 Å². The standard InChI is InChI=1S/C17H26N2O2.ClH/c1-12(9-14-5-3-4-6-16(14)21-2)10-17(20)19-15(11-18)13-7-8-13;/h3-6,12-13,15H,7-11,18H2,1-2H3,(H,19,20);1H. The lowest BCUT2D eigenvalue weighted by Crippen LogP contribution is -2.42. The highest BCUT2D eigenvalue weighted by Crippen LogP contribution is 2.32. The molecule has 0 aliphatic heterocycles. The van der Waals surface area contributed by atoms with E-state index in [0.717, 1.165) is 17.7 Å². The number of ether oxygens (including phenoxy) is 1. The van der Waals surface area contributed by atoms with Crippen LogP contribution in [-0.4, -0.2) is 25.6 Å². The molecule has 0 saturated heterocycles. The van der Waals surface area contributed by atoms with Crippen LogP contribution in [0.15, 0.2) is 24.3 Å². The molecule has 1 aromatic rings. The maximum Gasteiger partial charge on any atom is 0.220 e. The number of hydrogen-bond acceptors (Lipinski definition) is 3. The van der Waals surface area contributed by atoms with Crippen molar-refractivity contribution in [1.82, 2.24) is 5.32 Å². The van der Waals surface area contributed by atoms with Gasteiger partial charge in [0.2, 0.25) is 5.91 Å². The predicted molar refractivity (Wildman–Crippen MR) is 91.4 cm³/mol. The number of amides is 1. The molecule has 0 bridgehead atoms. The Hall–Kier alpha value is -1.26. The third kappa shape index (κ3) is 5.50. The van der Waals surface area contributed by atoms with Gasteiger partial charge in [0.05, 0.1) is 7.11 Å². The zero-order chi connectivity index (χ0) is 15.2. The van der Waals surface area contributed by atoms with Gasteiger partial charge in [-0.05, 0) is 42.7 Å². The first kappa shape index (κ1) is 18.8. The summed E-state index contributed by atoms with van der Waals surface area (Å²) >= 11 is 0. The van der Waals surface area contributed by atoms with Crippen LogP contribution in [0.25, 0.3) is 0 Å². The summed E-state index contributed by atoms with van der Waals surface area (Å²) in [6, 6.07) is 8.14. The first-order valence-electron chi connectivity index (χ1n) is 7.75. The second-order valence-electron chi connectivity index (χ2n) is 6.07. The largest absolute Gasteiger partial charge is 0.496 e. The Balaban J connectivity index is 0.00000242. The number of hydrogen-bond donors (Lipinski definition) is 2. The molecule has 1 aromatic carbocycles. The maximum atomic E-state index is 12.1. The fraction of sp³-hybridized carbons (Fsp3) is 0.588. The predicted octanol–water partition coefficient (Wildman–Crippen LogP) is 2.54. The summed E-state index contributed by atoms with van der Waals surface area (Å²) in [5, 5.41) is 3.08. The van der Waals surface area contributed by atoms with Gasteiger partial charge < -0.3 is 15.8 Å². The molecule has 0 heterocycles. The van der Waals surface area contributed by atoms with Crippen LogP contribution in [0.2, 0.25) is 0 Å². The summed E-state index contributed by atoms with van der Waals surface area (Å²) in [5.74, 6) is 1.88. The minimum Gasteiger partial charge on any atom is -0.496 e. The molecule has 2 atom stereocenters. The van der Waals surface area contributed by atoms with Crippen LogP contribution in [0.3, 0.4) is 0 Å². The van der Waals surface area contributed by atoms with Crippen molar-refractivity contribution in [3.05, 3.63) is 29.8 Å². The Morgan fingerprint density at radius 1 is 1.41 bits per heavy atom. The molecule has 3 N–H and O–H groups in total. The van der Waals surface area contributed by atoms with Crippen molar-refractivity contribution in [3.8, 4) is 5.75 Å². The molecule has 1 aliphatic rings. The highest BCUT2D eigenvalue weighted by Gasteiger charge is 2.31. The zero-order valence-electron chi connectivity index (χ0n) is 13.4. The number of carbonyl (C=O) groups is 1. The second-order valence-corrected chi connectivity index (χ2v) is 6.07. The molecular formula is C17H27ClN2O2. The summed E-state index contributed by atoms with van der Waals surface area (Å²) < 4.78 is 5.36. The Bertz CT molecular complexity index is 477. The number of carbonyl (C=O) groups excluding carboxylic acids is 1. The zero-order valence-corrected chi connectivity index (χ0v) is 14.2. The SMILES string of the molecule is COc1ccccc1CC(C)CC(=O)NC(CN)C1CC1.Cl. The van der Waals surface area contributed by atoms with Gasteiger partial charge in [0, 0.05) is 19.0 Å². The van der Waals surface area contributed by atoms with E-state index >= 15 is 0 Å². The van der Waals surface area contributed by atoms with Crippen molar-refractivity contribution in [3.63, 3.8) is 0 Å². The molecule has 1 amide bonds. The molecule has 1 saturated carbocycles. The summed E-state index contributed by atoms with van der Waals surface area (Å²) in [7, 11) is 1.68. The molecule has 0 aromatic heterocycles. The molecule has 0 spiro atoms. The summed E-state index contributed by atoms with van der Waals surface area (Å²) in [5.41, 5.74) is 6.87. The van der Waals surface area contributed by atoms with E-state index in [2.05, 4.69) is 18.3 Å². The number of benzene rings is 1. The highest BCUT2D eigenvalue weighted by molar-refractivity contribution is 5.85. The lowest BCUT2D eigenvalue weighted by Gasteiger charge is -2.18. The summed E-state index contributed by atoms with van der Waals surface area (Å²) in [4.78, 5) is 12.1. The molecule has 1 aliphatic carbocycles. The van der Waals surface area contributed by atoms with Crippen LogP contribution in [0, 0.1) is 11.8 Å². The monoisotopic (exact) mass is 326 g/mol. The van der Waals surface area contributed by atoms with Crippen LogP contribution in [0.5, 0.6) is 5.75 Å². The van der Waals surface area contributed by atoms with Crippen molar-refractivity contribution >= 4 is 18.3 Å². The normalized spacial score (nSPS) is 16.3. The Morgan fingerprint density at radius 2 is 2.09 bits per heavy atom. The average molecular weight is 327 g/mol. The van der Waals surface area contributed by atoms with Crippen LogP contribution < -0.4 is 15.8 Å². The van der Waals surface area contributed by atoms with E-state index in [1.165, 1.54) is 12.8 Å². The summed E-state index contributed by atoms with van der Waals surface area (Å²) in [6.07, 6.45) is 3.76. The maximum absolute atomic E-state index is 12.1. The van der Waals surface area contributed by atoms with Gasteiger partial charge in [-0.25, -0.2) is 0 Å². The fourth-order valence-corrected chi connectivity index (χ4v) is 2.77. The van der Waals surface area contributed by atoms with Crippen molar-refractivity contribution < 1.29 is 9.53 Å². The lowest BCUT2D eigenvalue weighted by molar-refractivity contribution is -0.122. The molecule has 22 heavy (non-hydrogen) atoms. The van der Waals surface area contributed by atoms with Gasteiger partial charge in [0.25, 0.3) is 0 Å². The number of para-hydroxylation sites is 1. The number of halogens is 1. The Morgan fingerprint density at radius 3 is 2.68 bits per heavy atom. The molecule has 0 radical (unpaired) electrons. The molecule has 1 fully saturated rings. The Kier molecular flexibility index (Phi) is 7.69. The lowest BCUT2D eigenvalue weighted by atomic mass is 9.97. The smallest absolute Gasteiger partial charge is 0.220 e. The molecular weight excluding hydrogens is 300 g/mol. The van der Waals surface area contributed by atoms with Gasteiger partial charge in [-0.1, -0.05) is 25.1 Å². The first-order valence-corrected chi connectivity index (χ1v) is 7.75. The second kappa shape index (κ2) is 9.01. The third-order valence-corrected chi connectivity index (χ3v) is 4.09. The van der Waals surface area contributed by atoms with E-state index in [4.69, 9.17) is 10.5 Å².